The van der Waals surface area contributed by atoms with Crippen molar-refractivity contribution in [1.82, 2.24) is 4.90 Å². The van der Waals surface area contributed by atoms with Gasteiger partial charge in [-0.2, -0.15) is 0 Å². The highest BCUT2D eigenvalue weighted by molar-refractivity contribution is 5.85. The molecule has 84 valence electrons. The van der Waals surface area contributed by atoms with Crippen LogP contribution in [0.25, 0.3) is 0 Å². The Morgan fingerprint density at radius 2 is 2.14 bits per heavy atom. The first-order valence-corrected chi connectivity index (χ1v) is 4.11. The largest absolute Gasteiger partial charge is 0.469 e. The van der Waals surface area contributed by atoms with Crippen LogP contribution < -0.4 is 0 Å². The third-order valence-corrected chi connectivity index (χ3v) is 2.32. The molecule has 0 amide bonds. The van der Waals surface area contributed by atoms with Crippen LogP contribution in [0.15, 0.2) is 0 Å². The number of carbonyl (C=O) groups excluding carboxylic acids is 1. The second-order valence-corrected chi connectivity index (χ2v) is 3.35. The van der Waals surface area contributed by atoms with Crippen molar-refractivity contribution in [2.24, 2.45) is 5.92 Å². The second kappa shape index (κ2) is 4.89. The monoisotopic (exact) mass is 229 g/mol. The molecule has 1 rings (SSSR count). The molecule has 1 heterocycles. The highest BCUT2D eigenvalue weighted by Crippen LogP contribution is 2.33. The fourth-order valence-electron chi connectivity index (χ4n) is 1.44. The lowest BCUT2D eigenvalue weighted by molar-refractivity contribution is -0.169. The number of esters is 1. The zero-order valence-corrected chi connectivity index (χ0v) is 8.94. The molecule has 0 saturated carbocycles. The molecular formula is C8H14ClF2NO2. The van der Waals surface area contributed by atoms with Gasteiger partial charge in [0.25, 0.3) is 5.92 Å². The number of methoxy groups -OCH3 is 1. The van der Waals surface area contributed by atoms with Gasteiger partial charge in [0.15, 0.2) is 0 Å². The number of alkyl halides is 2. The zero-order chi connectivity index (χ0) is 10.1. The summed E-state index contributed by atoms with van der Waals surface area (Å²) in [6.07, 6.45) is -0.275. The van der Waals surface area contributed by atoms with Crippen molar-refractivity contribution in [3.63, 3.8) is 0 Å². The number of piperidine rings is 1. The molecule has 1 aliphatic heterocycles. The number of hydrogen-bond donors (Lipinski definition) is 0. The van der Waals surface area contributed by atoms with Gasteiger partial charge >= 0.3 is 5.97 Å². The van der Waals surface area contributed by atoms with Gasteiger partial charge in [-0.25, -0.2) is 8.78 Å². The number of nitrogens with zero attached hydrogens (tertiary/aromatic N) is 1. The molecule has 0 spiro atoms. The quantitative estimate of drug-likeness (QED) is 0.633. The topological polar surface area (TPSA) is 29.5 Å². The summed E-state index contributed by atoms with van der Waals surface area (Å²) < 4.78 is 30.6. The highest BCUT2D eigenvalue weighted by atomic mass is 35.5. The van der Waals surface area contributed by atoms with Crippen molar-refractivity contribution in [2.75, 3.05) is 27.2 Å². The lowest BCUT2D eigenvalue weighted by Crippen LogP contribution is -2.49. The third-order valence-electron chi connectivity index (χ3n) is 2.32. The van der Waals surface area contributed by atoms with Gasteiger partial charge in [0.1, 0.15) is 5.92 Å². The predicted molar refractivity (Wildman–Crippen MR) is 49.8 cm³/mol. The van der Waals surface area contributed by atoms with Gasteiger partial charge in [-0.05, 0) is 7.05 Å². The van der Waals surface area contributed by atoms with Crippen LogP contribution in [0.3, 0.4) is 0 Å². The van der Waals surface area contributed by atoms with Gasteiger partial charge in [-0.15, -0.1) is 12.4 Å². The smallest absolute Gasteiger partial charge is 0.316 e. The maximum atomic E-state index is 13.2. The Balaban J connectivity index is 0.00000169. The van der Waals surface area contributed by atoms with E-state index in [9.17, 15) is 13.6 Å². The van der Waals surface area contributed by atoms with Crippen molar-refractivity contribution in [2.45, 2.75) is 12.3 Å². The van der Waals surface area contributed by atoms with Crippen LogP contribution in [0.2, 0.25) is 0 Å². The van der Waals surface area contributed by atoms with Crippen LogP contribution in [0, 0.1) is 5.92 Å². The molecule has 0 radical (unpaired) electrons. The van der Waals surface area contributed by atoms with Crippen LogP contribution in [0.1, 0.15) is 6.42 Å². The maximum absolute atomic E-state index is 13.2. The van der Waals surface area contributed by atoms with Crippen molar-refractivity contribution in [3.8, 4) is 0 Å². The van der Waals surface area contributed by atoms with Gasteiger partial charge in [0.05, 0.1) is 7.11 Å². The van der Waals surface area contributed by atoms with Gasteiger partial charge in [-0.3, -0.25) is 4.79 Å². The maximum Gasteiger partial charge on any atom is 0.316 e. The number of rotatable bonds is 1. The standard InChI is InChI=1S/C8H13F2NO2.ClH/c1-11-4-3-8(9,10)6(5-11)7(12)13-2;/h6H,3-5H2,1-2H3;1H. The molecule has 14 heavy (non-hydrogen) atoms. The molecule has 1 fully saturated rings. The summed E-state index contributed by atoms with van der Waals surface area (Å²) in [5.41, 5.74) is 0. The first-order valence-electron chi connectivity index (χ1n) is 4.11. The summed E-state index contributed by atoms with van der Waals surface area (Å²) in [5, 5.41) is 0. The number of hydrogen-bond acceptors (Lipinski definition) is 3. The Labute approximate surface area is 87.8 Å². The minimum Gasteiger partial charge on any atom is -0.469 e. The van der Waals surface area contributed by atoms with E-state index in [-0.39, 0.29) is 25.4 Å². The van der Waals surface area contributed by atoms with Crippen LogP contribution in [0.5, 0.6) is 0 Å². The minimum absolute atomic E-state index is 0. The van der Waals surface area contributed by atoms with E-state index in [2.05, 4.69) is 4.74 Å². The fraction of sp³-hybridized carbons (Fsp3) is 0.875. The lowest BCUT2D eigenvalue weighted by Gasteiger charge is -2.34. The minimum atomic E-state index is -2.92. The summed E-state index contributed by atoms with van der Waals surface area (Å²) in [4.78, 5) is 12.7. The summed E-state index contributed by atoms with van der Waals surface area (Å²) in [7, 11) is 2.85. The van der Waals surface area contributed by atoms with E-state index in [0.717, 1.165) is 7.11 Å². The first-order chi connectivity index (χ1) is 5.97. The molecule has 1 atom stereocenters. The SMILES string of the molecule is COC(=O)C1CN(C)CCC1(F)F.Cl. The second-order valence-electron chi connectivity index (χ2n) is 3.35. The van der Waals surface area contributed by atoms with E-state index < -0.39 is 17.8 Å². The molecule has 0 aromatic rings. The number of carbonyl (C=O) groups is 1. The Morgan fingerprint density at radius 3 is 2.64 bits per heavy atom. The van der Waals surface area contributed by atoms with Crippen LogP contribution in [-0.2, 0) is 9.53 Å². The molecule has 0 N–H and O–H groups in total. The normalized spacial score (nSPS) is 26.4. The Bertz CT molecular complexity index is 214. The van der Waals surface area contributed by atoms with E-state index in [1.807, 2.05) is 0 Å². The average Bonchev–Trinajstić information content (AvgIpc) is 2.08. The molecule has 0 aromatic heterocycles. The zero-order valence-electron chi connectivity index (χ0n) is 8.13. The molecule has 0 aliphatic carbocycles. The van der Waals surface area contributed by atoms with Gasteiger partial charge in [-0.1, -0.05) is 0 Å². The summed E-state index contributed by atoms with van der Waals surface area (Å²) in [6, 6.07) is 0. The molecule has 1 saturated heterocycles. The lowest BCUT2D eigenvalue weighted by atomic mass is 9.94. The molecular weight excluding hydrogens is 216 g/mol. The summed E-state index contributed by atoms with van der Waals surface area (Å²) >= 11 is 0. The predicted octanol–water partition coefficient (Wildman–Crippen LogP) is 1.17. The Hall–Kier alpha value is -0.420. The first kappa shape index (κ1) is 13.6. The molecule has 0 bridgehead atoms. The average molecular weight is 230 g/mol. The fourth-order valence-corrected chi connectivity index (χ4v) is 1.44. The van der Waals surface area contributed by atoms with E-state index in [1.54, 1.807) is 11.9 Å². The molecule has 6 heteroatoms. The summed E-state index contributed by atoms with van der Waals surface area (Å²) in [5.74, 6) is -5.05. The van der Waals surface area contributed by atoms with Crippen LogP contribution in [-0.4, -0.2) is 44.0 Å². The number of ether oxygens (including phenoxy) is 1. The molecule has 3 nitrogen and oxygen atoms in total. The van der Waals surface area contributed by atoms with Gasteiger partial charge < -0.3 is 9.64 Å². The number of likely N-dealkylation sites (tertiary alicyclic amines) is 1. The van der Waals surface area contributed by atoms with Crippen LogP contribution >= 0.6 is 12.4 Å². The summed E-state index contributed by atoms with van der Waals surface area (Å²) in [6.45, 7) is 0.389. The van der Waals surface area contributed by atoms with E-state index >= 15 is 0 Å². The van der Waals surface area contributed by atoms with E-state index in [4.69, 9.17) is 0 Å². The van der Waals surface area contributed by atoms with E-state index in [1.165, 1.54) is 0 Å². The Kier molecular flexibility index (Phi) is 4.74. The molecule has 0 aromatic carbocycles. The molecule has 1 unspecified atom stereocenters. The number of halogens is 3. The molecule has 1 aliphatic rings. The van der Waals surface area contributed by atoms with E-state index in [0.29, 0.717) is 6.54 Å². The Morgan fingerprint density at radius 1 is 1.57 bits per heavy atom. The van der Waals surface area contributed by atoms with Crippen LogP contribution in [0.4, 0.5) is 8.78 Å². The third kappa shape index (κ3) is 2.78. The van der Waals surface area contributed by atoms with Gasteiger partial charge in [0, 0.05) is 19.5 Å². The highest BCUT2D eigenvalue weighted by Gasteiger charge is 2.48. The van der Waals surface area contributed by atoms with Gasteiger partial charge in [0.2, 0.25) is 0 Å². The van der Waals surface area contributed by atoms with Crippen molar-refractivity contribution < 1.29 is 18.3 Å². The van der Waals surface area contributed by atoms with Crippen molar-refractivity contribution in [1.29, 1.82) is 0 Å². The van der Waals surface area contributed by atoms with Crippen molar-refractivity contribution >= 4 is 18.4 Å². The van der Waals surface area contributed by atoms with Crippen molar-refractivity contribution in [3.05, 3.63) is 0 Å².